The molecule has 0 amide bonds. The Morgan fingerprint density at radius 2 is 2.08 bits per heavy atom. The number of hydrogen-bond acceptors (Lipinski definition) is 3. The molecule has 1 saturated carbocycles. The van der Waals surface area contributed by atoms with Gasteiger partial charge in [-0.3, -0.25) is 4.21 Å². The zero-order valence-electron chi connectivity index (χ0n) is 8.16. The minimum absolute atomic E-state index is 0.162. The summed E-state index contributed by atoms with van der Waals surface area (Å²) in [4.78, 5) is 0. The average molecular weight is 205 g/mol. The van der Waals surface area contributed by atoms with Gasteiger partial charge in [0.05, 0.1) is 6.10 Å². The first kappa shape index (κ1) is 11.1. The minimum atomic E-state index is -0.744. The van der Waals surface area contributed by atoms with E-state index in [9.17, 15) is 9.32 Å². The lowest BCUT2D eigenvalue weighted by Crippen LogP contribution is -2.45. The third kappa shape index (κ3) is 3.75. The van der Waals surface area contributed by atoms with E-state index in [0.29, 0.717) is 5.75 Å². The fourth-order valence-corrected chi connectivity index (χ4v) is 2.47. The molecule has 0 heterocycles. The lowest BCUT2D eigenvalue weighted by atomic mass is 9.79. The van der Waals surface area contributed by atoms with Crippen molar-refractivity contribution in [2.75, 3.05) is 12.0 Å². The molecule has 0 aromatic heterocycles. The summed E-state index contributed by atoms with van der Waals surface area (Å²) in [6.45, 7) is 0. The molecule has 1 rings (SSSR count). The Kier molecular flexibility index (Phi) is 3.88. The first-order chi connectivity index (χ1) is 6.02. The molecule has 0 spiro atoms. The number of rotatable bonds is 3. The van der Waals surface area contributed by atoms with Gasteiger partial charge in [0.25, 0.3) is 0 Å². The Hall–Kier alpha value is 0.0700. The van der Waals surface area contributed by atoms with Gasteiger partial charge in [0.15, 0.2) is 0 Å². The SMILES string of the molecule is CS(=O)CCC1(N)CCC(O)CC1. The predicted octanol–water partition coefficient (Wildman–Crippen LogP) is 0.387. The first-order valence-corrected chi connectivity index (χ1v) is 6.51. The second kappa shape index (κ2) is 4.53. The zero-order valence-corrected chi connectivity index (χ0v) is 8.98. The molecule has 1 atom stereocenters. The number of nitrogens with two attached hydrogens (primary N) is 1. The van der Waals surface area contributed by atoms with Gasteiger partial charge in [0.2, 0.25) is 0 Å². The zero-order chi connectivity index (χ0) is 9.90. The smallest absolute Gasteiger partial charge is 0.0541 e. The van der Waals surface area contributed by atoms with Gasteiger partial charge in [-0.1, -0.05) is 0 Å². The fourth-order valence-electron chi connectivity index (χ4n) is 1.77. The Bertz CT molecular complexity index is 188. The quantitative estimate of drug-likeness (QED) is 0.700. The van der Waals surface area contributed by atoms with E-state index in [2.05, 4.69) is 0 Å². The summed E-state index contributed by atoms with van der Waals surface area (Å²) in [6, 6.07) is 0. The van der Waals surface area contributed by atoms with Crippen LogP contribution in [0, 0.1) is 0 Å². The van der Waals surface area contributed by atoms with E-state index in [-0.39, 0.29) is 11.6 Å². The van der Waals surface area contributed by atoms with Crippen molar-refractivity contribution in [2.24, 2.45) is 5.73 Å². The molecule has 78 valence electrons. The van der Waals surface area contributed by atoms with Crippen LogP contribution in [-0.2, 0) is 10.8 Å². The number of aliphatic hydroxyl groups excluding tert-OH is 1. The molecule has 1 aliphatic carbocycles. The van der Waals surface area contributed by atoms with E-state index in [1.54, 1.807) is 6.26 Å². The third-order valence-electron chi connectivity index (χ3n) is 2.84. The van der Waals surface area contributed by atoms with Gasteiger partial charge in [-0.2, -0.15) is 0 Å². The van der Waals surface area contributed by atoms with Crippen molar-refractivity contribution in [2.45, 2.75) is 43.7 Å². The largest absolute Gasteiger partial charge is 0.393 e. The molecule has 0 radical (unpaired) electrons. The molecule has 13 heavy (non-hydrogen) atoms. The van der Waals surface area contributed by atoms with Crippen LogP contribution in [0.4, 0.5) is 0 Å². The van der Waals surface area contributed by atoms with Crippen LogP contribution >= 0.6 is 0 Å². The summed E-state index contributed by atoms with van der Waals surface area (Å²) in [7, 11) is -0.744. The second-order valence-corrected chi connectivity index (χ2v) is 5.68. The monoisotopic (exact) mass is 205 g/mol. The molecule has 0 aliphatic heterocycles. The fraction of sp³-hybridized carbons (Fsp3) is 1.00. The van der Waals surface area contributed by atoms with Crippen molar-refractivity contribution in [3.05, 3.63) is 0 Å². The standard InChI is InChI=1S/C9H19NO2S/c1-13(12)7-6-9(10)4-2-8(11)3-5-9/h8,11H,2-7,10H2,1H3. The summed E-state index contributed by atoms with van der Waals surface area (Å²) in [5.41, 5.74) is 5.96. The highest BCUT2D eigenvalue weighted by atomic mass is 32.2. The van der Waals surface area contributed by atoms with E-state index in [1.165, 1.54) is 0 Å². The Morgan fingerprint density at radius 3 is 2.54 bits per heavy atom. The van der Waals surface area contributed by atoms with E-state index in [1.807, 2.05) is 0 Å². The van der Waals surface area contributed by atoms with Gasteiger partial charge in [0, 0.05) is 28.3 Å². The molecule has 0 saturated heterocycles. The lowest BCUT2D eigenvalue weighted by Gasteiger charge is -2.35. The summed E-state index contributed by atoms with van der Waals surface area (Å²) in [5, 5.41) is 9.30. The summed E-state index contributed by atoms with van der Waals surface area (Å²) >= 11 is 0. The molecular weight excluding hydrogens is 186 g/mol. The predicted molar refractivity (Wildman–Crippen MR) is 54.9 cm³/mol. The maximum Gasteiger partial charge on any atom is 0.0541 e. The molecule has 3 N–H and O–H groups in total. The maximum atomic E-state index is 10.9. The molecular formula is C9H19NO2S. The summed E-state index contributed by atoms with van der Waals surface area (Å²) < 4.78 is 10.9. The normalized spacial score (nSPS) is 37.3. The molecule has 0 aromatic carbocycles. The van der Waals surface area contributed by atoms with Crippen LogP contribution < -0.4 is 5.73 Å². The van der Waals surface area contributed by atoms with Crippen LogP contribution in [0.15, 0.2) is 0 Å². The molecule has 1 unspecified atom stereocenters. The second-order valence-electron chi connectivity index (χ2n) is 4.12. The van der Waals surface area contributed by atoms with E-state index < -0.39 is 10.8 Å². The van der Waals surface area contributed by atoms with Gasteiger partial charge in [-0.15, -0.1) is 0 Å². The van der Waals surface area contributed by atoms with Gasteiger partial charge >= 0.3 is 0 Å². The van der Waals surface area contributed by atoms with Gasteiger partial charge in [-0.25, -0.2) is 0 Å². The first-order valence-electron chi connectivity index (χ1n) is 4.79. The Balaban J connectivity index is 2.34. The lowest BCUT2D eigenvalue weighted by molar-refractivity contribution is 0.0963. The molecule has 0 bridgehead atoms. The highest BCUT2D eigenvalue weighted by Crippen LogP contribution is 2.28. The van der Waals surface area contributed by atoms with Crippen molar-refractivity contribution in [1.29, 1.82) is 0 Å². The Labute approximate surface area is 82.2 Å². The van der Waals surface area contributed by atoms with Crippen molar-refractivity contribution >= 4 is 10.8 Å². The van der Waals surface area contributed by atoms with Crippen molar-refractivity contribution in [3.63, 3.8) is 0 Å². The average Bonchev–Trinajstić information content (AvgIpc) is 2.08. The maximum absolute atomic E-state index is 10.9. The molecule has 1 fully saturated rings. The van der Waals surface area contributed by atoms with Crippen LogP contribution in [0.2, 0.25) is 0 Å². The van der Waals surface area contributed by atoms with Crippen LogP contribution in [0.5, 0.6) is 0 Å². The molecule has 3 nitrogen and oxygen atoms in total. The summed E-state index contributed by atoms with van der Waals surface area (Å²) in [6.07, 6.45) is 5.70. The number of aliphatic hydroxyl groups is 1. The van der Waals surface area contributed by atoms with Crippen LogP contribution in [0.1, 0.15) is 32.1 Å². The highest BCUT2D eigenvalue weighted by molar-refractivity contribution is 7.84. The van der Waals surface area contributed by atoms with E-state index in [4.69, 9.17) is 5.73 Å². The summed E-state index contributed by atoms with van der Waals surface area (Å²) in [5.74, 6) is 0.687. The van der Waals surface area contributed by atoms with Gasteiger partial charge < -0.3 is 10.8 Å². The Morgan fingerprint density at radius 1 is 1.54 bits per heavy atom. The highest BCUT2D eigenvalue weighted by Gasteiger charge is 2.30. The van der Waals surface area contributed by atoms with Gasteiger partial charge in [0.1, 0.15) is 0 Å². The van der Waals surface area contributed by atoms with Crippen molar-refractivity contribution < 1.29 is 9.32 Å². The molecule has 1 aliphatic rings. The van der Waals surface area contributed by atoms with E-state index in [0.717, 1.165) is 32.1 Å². The van der Waals surface area contributed by atoms with Crippen molar-refractivity contribution in [1.82, 2.24) is 0 Å². The third-order valence-corrected chi connectivity index (χ3v) is 3.62. The number of hydrogen-bond donors (Lipinski definition) is 2. The van der Waals surface area contributed by atoms with Gasteiger partial charge in [-0.05, 0) is 32.1 Å². The van der Waals surface area contributed by atoms with Crippen molar-refractivity contribution in [3.8, 4) is 0 Å². The minimum Gasteiger partial charge on any atom is -0.393 e. The van der Waals surface area contributed by atoms with Crippen LogP contribution in [0.25, 0.3) is 0 Å². The van der Waals surface area contributed by atoms with E-state index >= 15 is 0 Å². The van der Waals surface area contributed by atoms with Crippen LogP contribution in [0.3, 0.4) is 0 Å². The molecule has 4 heteroatoms. The van der Waals surface area contributed by atoms with Crippen LogP contribution in [-0.4, -0.2) is 33.0 Å². The topological polar surface area (TPSA) is 63.3 Å². The molecule has 0 aromatic rings.